The Morgan fingerprint density at radius 1 is 0.571 bits per heavy atom. The van der Waals surface area contributed by atoms with Crippen molar-refractivity contribution < 1.29 is 53.4 Å². The highest BCUT2D eigenvalue weighted by molar-refractivity contribution is 5.74. The summed E-state index contributed by atoms with van der Waals surface area (Å²) in [5, 5.41) is 15.0. The second-order valence-corrected chi connectivity index (χ2v) is 11.2. The molecule has 0 radical (unpaired) electrons. The average Bonchev–Trinajstić information content (AvgIpc) is 2.71. The molecule has 2 fully saturated rings. The number of rotatable bonds is 2. The van der Waals surface area contributed by atoms with E-state index in [0.717, 1.165) is 51.4 Å². The number of hydrogen-bond acceptors (Lipinski definition) is 9. The molecule has 11 heteroatoms. The number of carbonyl (C=O) groups excluding carboxylic acids is 2. The summed E-state index contributed by atoms with van der Waals surface area (Å²) >= 11 is 0. The van der Waals surface area contributed by atoms with Gasteiger partial charge in [0.1, 0.15) is 12.2 Å². The lowest BCUT2D eigenvalue weighted by Crippen LogP contribution is -2.31. The second-order valence-electron chi connectivity index (χ2n) is 11.2. The van der Waals surface area contributed by atoms with Gasteiger partial charge in [-0.2, -0.15) is 19.4 Å². The summed E-state index contributed by atoms with van der Waals surface area (Å²) in [5.74, 6) is 1.26. The largest absolute Gasteiger partial charge is 0.550 e. The maximum atomic E-state index is 11.8. The molecule has 0 atom stereocenters. The van der Waals surface area contributed by atoms with Crippen LogP contribution in [0.1, 0.15) is 92.9 Å². The molecular formula is C24H40O11. The van der Waals surface area contributed by atoms with E-state index < -0.39 is 24.6 Å². The van der Waals surface area contributed by atoms with Crippen LogP contribution < -0.4 is 0 Å². The smallest absolute Gasteiger partial charge is 0.449 e. The molecule has 0 unspecified atom stereocenters. The third-order valence-electron chi connectivity index (χ3n) is 6.68. The Morgan fingerprint density at radius 2 is 0.857 bits per heavy atom. The van der Waals surface area contributed by atoms with E-state index in [2.05, 4.69) is 56.1 Å². The Labute approximate surface area is 206 Å². The molecule has 0 saturated heterocycles. The van der Waals surface area contributed by atoms with Crippen molar-refractivity contribution in [2.75, 3.05) is 0 Å². The summed E-state index contributed by atoms with van der Waals surface area (Å²) in [6.07, 6.45) is 1.33. The van der Waals surface area contributed by atoms with Gasteiger partial charge in [0.05, 0.1) is 0 Å². The highest BCUT2D eigenvalue weighted by atomic mass is 17.3. The van der Waals surface area contributed by atoms with Gasteiger partial charge >= 0.3 is 24.6 Å². The number of carbonyl (C=O) groups is 4. The zero-order valence-electron chi connectivity index (χ0n) is 21.5. The molecule has 0 spiro atoms. The first kappa shape index (κ1) is 30.3. The van der Waals surface area contributed by atoms with Gasteiger partial charge in [-0.05, 0) is 74.0 Å². The van der Waals surface area contributed by atoms with Crippen LogP contribution in [0.5, 0.6) is 0 Å². The van der Waals surface area contributed by atoms with Crippen LogP contribution in [-0.2, 0) is 24.0 Å². The van der Waals surface area contributed by atoms with Crippen LogP contribution in [0.3, 0.4) is 0 Å². The Hall–Kier alpha value is -2.72. The fourth-order valence-corrected chi connectivity index (χ4v) is 4.55. The molecule has 0 heterocycles. The van der Waals surface area contributed by atoms with Crippen LogP contribution in [-0.4, -0.2) is 47.0 Å². The lowest BCUT2D eigenvalue weighted by atomic mass is 9.72. The van der Waals surface area contributed by atoms with E-state index in [1.165, 1.54) is 0 Å². The van der Waals surface area contributed by atoms with Crippen molar-refractivity contribution in [3.05, 3.63) is 0 Å². The molecule has 202 valence electrons. The van der Waals surface area contributed by atoms with Crippen LogP contribution in [0.2, 0.25) is 0 Å². The van der Waals surface area contributed by atoms with Crippen molar-refractivity contribution in [1.29, 1.82) is 0 Å². The summed E-state index contributed by atoms with van der Waals surface area (Å²) in [6.45, 7) is 13.4. The van der Waals surface area contributed by atoms with Gasteiger partial charge < -0.3 is 24.4 Å². The van der Waals surface area contributed by atoms with Gasteiger partial charge in [-0.3, -0.25) is 0 Å². The summed E-state index contributed by atoms with van der Waals surface area (Å²) in [4.78, 5) is 50.9. The van der Waals surface area contributed by atoms with Crippen molar-refractivity contribution in [2.24, 2.45) is 22.7 Å². The standard InChI is InChI=1S/C22H38O6.C2H2O5/c1-21(2,3)15-7-11-17(12-8-15)25-19(23)27-28-20(24)26-18-13-9-16(10-14-18)22(4,5)6;3-1(4)7-2(5)6/h15-18H,7-14H2,1-6H3;(H,3,4)(H,5,6). The highest BCUT2D eigenvalue weighted by Gasteiger charge is 2.33. The first-order chi connectivity index (χ1) is 16.1. The predicted molar refractivity (Wildman–Crippen MR) is 123 cm³/mol. The maximum absolute atomic E-state index is 11.8. The Kier molecular flexibility index (Phi) is 11.6. The number of ether oxygens (including phenoxy) is 3. The van der Waals surface area contributed by atoms with Crippen molar-refractivity contribution in [3.8, 4) is 0 Å². The van der Waals surface area contributed by atoms with Crippen molar-refractivity contribution >= 4 is 24.6 Å². The van der Waals surface area contributed by atoms with Crippen LogP contribution in [0.15, 0.2) is 0 Å². The Morgan fingerprint density at radius 3 is 1.06 bits per heavy atom. The zero-order valence-corrected chi connectivity index (χ0v) is 21.5. The average molecular weight is 505 g/mol. The minimum absolute atomic E-state index is 0.182. The Bertz CT molecular complexity index is 644. The van der Waals surface area contributed by atoms with Gasteiger partial charge in [0.2, 0.25) is 0 Å². The molecule has 0 aliphatic heterocycles. The zero-order chi connectivity index (χ0) is 26.8. The molecule has 35 heavy (non-hydrogen) atoms. The summed E-state index contributed by atoms with van der Waals surface area (Å²) in [6, 6.07) is 0. The molecule has 2 aliphatic rings. The monoisotopic (exact) mass is 504 g/mol. The fraction of sp³-hybridized carbons (Fsp3) is 0.833. The molecule has 2 N–H and O–H groups in total. The third-order valence-corrected chi connectivity index (χ3v) is 6.68. The molecule has 2 aliphatic carbocycles. The molecule has 11 nitrogen and oxygen atoms in total. The summed E-state index contributed by atoms with van der Waals surface area (Å²) in [5.41, 5.74) is 0.536. The lowest BCUT2D eigenvalue weighted by Gasteiger charge is -2.36. The first-order valence-corrected chi connectivity index (χ1v) is 12.0. The van der Waals surface area contributed by atoms with Crippen molar-refractivity contribution in [2.45, 2.75) is 105 Å². The molecule has 0 amide bonds. The molecule has 2 saturated carbocycles. The van der Waals surface area contributed by atoms with E-state index >= 15 is 0 Å². The number of carboxylic acid groups (broad SMARTS) is 2. The topological polar surface area (TPSA) is 155 Å². The summed E-state index contributed by atoms with van der Waals surface area (Å²) in [7, 11) is 0. The van der Waals surface area contributed by atoms with Crippen LogP contribution >= 0.6 is 0 Å². The van der Waals surface area contributed by atoms with E-state index in [0.29, 0.717) is 11.8 Å². The molecule has 0 bridgehead atoms. The molecule has 0 aromatic carbocycles. The van der Waals surface area contributed by atoms with Crippen LogP contribution in [0.4, 0.5) is 19.2 Å². The third kappa shape index (κ3) is 12.5. The lowest BCUT2D eigenvalue weighted by molar-refractivity contribution is -0.227. The van der Waals surface area contributed by atoms with E-state index in [1.807, 2.05) is 0 Å². The summed E-state index contributed by atoms with van der Waals surface area (Å²) < 4.78 is 13.6. The van der Waals surface area contributed by atoms with Crippen molar-refractivity contribution in [3.63, 3.8) is 0 Å². The van der Waals surface area contributed by atoms with Gasteiger partial charge in [0.15, 0.2) is 0 Å². The minimum Gasteiger partial charge on any atom is -0.449 e. The predicted octanol–water partition coefficient (Wildman–Crippen LogP) is 6.78. The van der Waals surface area contributed by atoms with E-state index in [1.54, 1.807) is 0 Å². The quantitative estimate of drug-likeness (QED) is 0.134. The molecular weight excluding hydrogens is 464 g/mol. The minimum atomic E-state index is -1.81. The van der Waals surface area contributed by atoms with Gasteiger partial charge in [-0.25, -0.2) is 9.59 Å². The fourth-order valence-electron chi connectivity index (χ4n) is 4.55. The number of hydrogen-bond donors (Lipinski definition) is 2. The molecule has 2 rings (SSSR count). The Balaban J connectivity index is 0.000000762. The van der Waals surface area contributed by atoms with Gasteiger partial charge in [-0.1, -0.05) is 41.5 Å². The molecule has 0 aromatic rings. The van der Waals surface area contributed by atoms with Gasteiger partial charge in [-0.15, -0.1) is 0 Å². The second kappa shape index (κ2) is 13.4. The normalized spacial score (nSPS) is 24.6. The maximum Gasteiger partial charge on any atom is 0.550 e. The van der Waals surface area contributed by atoms with E-state index in [9.17, 15) is 19.2 Å². The van der Waals surface area contributed by atoms with E-state index in [-0.39, 0.29) is 23.0 Å². The van der Waals surface area contributed by atoms with Gasteiger partial charge in [0, 0.05) is 0 Å². The van der Waals surface area contributed by atoms with Crippen LogP contribution in [0, 0.1) is 22.7 Å². The van der Waals surface area contributed by atoms with Crippen LogP contribution in [0.25, 0.3) is 0 Å². The molecule has 0 aromatic heterocycles. The highest BCUT2D eigenvalue weighted by Crippen LogP contribution is 2.39. The van der Waals surface area contributed by atoms with Gasteiger partial charge in [0.25, 0.3) is 0 Å². The SMILES string of the molecule is CC(C)(C)C1CCC(OC(=O)OOC(=O)OC2CCC(C(C)(C)C)CC2)CC1.O=C(O)OC(=O)O. The van der Waals surface area contributed by atoms with E-state index in [4.69, 9.17) is 19.7 Å². The van der Waals surface area contributed by atoms with Crippen molar-refractivity contribution in [1.82, 2.24) is 0 Å². The first-order valence-electron chi connectivity index (χ1n) is 12.0.